The van der Waals surface area contributed by atoms with Crippen LogP contribution in [0.25, 0.3) is 0 Å². The maximum atomic E-state index is 12.4. The molecule has 2 heterocycles. The van der Waals surface area contributed by atoms with E-state index < -0.39 is 23.9 Å². The lowest BCUT2D eigenvalue weighted by atomic mass is 10.2. The molecule has 0 saturated carbocycles. The van der Waals surface area contributed by atoms with Crippen molar-refractivity contribution in [3.05, 3.63) is 59.6 Å². The first kappa shape index (κ1) is 20.2. The van der Waals surface area contributed by atoms with Gasteiger partial charge in [0.2, 0.25) is 11.7 Å². The Morgan fingerprint density at radius 1 is 1.07 bits per heavy atom. The van der Waals surface area contributed by atoms with E-state index in [1.807, 2.05) is 0 Å². The van der Waals surface area contributed by atoms with Crippen molar-refractivity contribution in [2.75, 3.05) is 10.6 Å². The first-order valence-electron chi connectivity index (χ1n) is 7.97. The number of amides is 2. The summed E-state index contributed by atoms with van der Waals surface area (Å²) >= 11 is 1.08. The van der Waals surface area contributed by atoms with Gasteiger partial charge in [-0.3, -0.25) is 14.9 Å². The number of carbonyl (C=O) groups excluding carboxylic acids is 2. The van der Waals surface area contributed by atoms with E-state index in [1.54, 1.807) is 11.4 Å². The van der Waals surface area contributed by atoms with Gasteiger partial charge in [-0.1, -0.05) is 12.1 Å². The summed E-state index contributed by atoms with van der Waals surface area (Å²) in [6, 6.07) is 6.75. The normalized spacial score (nSPS) is 11.0. The molecular weight excluding hydrogens is 411 g/mol. The van der Waals surface area contributed by atoms with Crippen LogP contribution in [-0.4, -0.2) is 33.1 Å². The number of anilines is 2. The number of carbonyl (C=O) groups is 2. The second-order valence-corrected chi connectivity index (χ2v) is 6.30. The summed E-state index contributed by atoms with van der Waals surface area (Å²) in [5, 5.41) is 6.62. The lowest BCUT2D eigenvalue weighted by Gasteiger charge is -2.13. The minimum atomic E-state index is -4.88. The highest BCUT2D eigenvalue weighted by molar-refractivity contribution is 7.14. The molecule has 0 atom stereocenters. The van der Waals surface area contributed by atoms with Crippen molar-refractivity contribution in [3.63, 3.8) is 0 Å². The number of hydrogen-bond acceptors (Lipinski definition) is 7. The molecule has 0 fully saturated rings. The van der Waals surface area contributed by atoms with Crippen LogP contribution < -0.4 is 15.4 Å². The van der Waals surface area contributed by atoms with Crippen molar-refractivity contribution < 1.29 is 27.5 Å². The van der Waals surface area contributed by atoms with Crippen LogP contribution in [0.1, 0.15) is 16.3 Å². The summed E-state index contributed by atoms with van der Waals surface area (Å²) < 4.78 is 41.2. The first-order valence-corrected chi connectivity index (χ1v) is 8.85. The Morgan fingerprint density at radius 3 is 2.52 bits per heavy atom. The lowest BCUT2D eigenvalue weighted by Crippen LogP contribution is -2.20. The topological polar surface area (TPSA) is 106 Å². The quantitative estimate of drug-likeness (QED) is 0.630. The molecule has 2 aromatic heterocycles. The molecular formula is C17H12F3N5O3S. The van der Waals surface area contributed by atoms with Crippen molar-refractivity contribution in [2.24, 2.45) is 0 Å². The molecule has 3 rings (SSSR count). The Morgan fingerprint density at radius 2 is 1.79 bits per heavy atom. The van der Waals surface area contributed by atoms with Gasteiger partial charge in [-0.05, 0) is 18.2 Å². The number of ether oxygens (including phenoxy) is 1. The number of aromatic nitrogens is 3. The number of nitrogens with zero attached hydrogens (tertiary/aromatic N) is 3. The number of alkyl halides is 3. The highest BCUT2D eigenvalue weighted by Gasteiger charge is 2.32. The number of benzene rings is 1. The van der Waals surface area contributed by atoms with E-state index in [0.29, 0.717) is 5.69 Å². The van der Waals surface area contributed by atoms with Gasteiger partial charge in [0.05, 0.1) is 17.8 Å². The van der Waals surface area contributed by atoms with E-state index >= 15 is 0 Å². The van der Waals surface area contributed by atoms with Crippen LogP contribution in [0.4, 0.5) is 24.0 Å². The Bertz CT molecular complexity index is 1010. The highest BCUT2D eigenvalue weighted by atomic mass is 32.1. The molecule has 0 bridgehead atoms. The van der Waals surface area contributed by atoms with Gasteiger partial charge in [0, 0.05) is 17.8 Å². The molecule has 0 aliphatic heterocycles. The Labute approximate surface area is 165 Å². The average Bonchev–Trinajstić information content (AvgIpc) is 3.09. The third-order valence-corrected chi connectivity index (χ3v) is 4.08. The molecule has 0 radical (unpaired) electrons. The maximum absolute atomic E-state index is 12.4. The predicted octanol–water partition coefficient (Wildman–Crippen LogP) is 3.27. The van der Waals surface area contributed by atoms with E-state index in [2.05, 4.69) is 30.3 Å². The molecule has 0 aliphatic rings. The zero-order valence-corrected chi connectivity index (χ0v) is 15.3. The molecule has 3 aromatic rings. The van der Waals surface area contributed by atoms with Gasteiger partial charge in [-0.15, -0.1) is 24.5 Å². The highest BCUT2D eigenvalue weighted by Crippen LogP contribution is 2.30. The van der Waals surface area contributed by atoms with Crippen molar-refractivity contribution >= 4 is 34.0 Å². The Kier molecular flexibility index (Phi) is 6.02. The maximum Gasteiger partial charge on any atom is 0.573 e. The summed E-state index contributed by atoms with van der Waals surface area (Å²) in [6.45, 7) is 0. The van der Waals surface area contributed by atoms with Crippen LogP contribution in [0.2, 0.25) is 0 Å². The van der Waals surface area contributed by atoms with Gasteiger partial charge < -0.3 is 10.1 Å². The van der Waals surface area contributed by atoms with Gasteiger partial charge in [0.1, 0.15) is 0 Å². The van der Waals surface area contributed by atoms with E-state index in [9.17, 15) is 22.8 Å². The van der Waals surface area contributed by atoms with Crippen LogP contribution >= 0.6 is 11.3 Å². The fourth-order valence-corrected chi connectivity index (χ4v) is 2.86. The second-order valence-electron chi connectivity index (χ2n) is 5.44. The van der Waals surface area contributed by atoms with E-state index in [0.717, 1.165) is 17.4 Å². The number of para-hydroxylation sites is 2. The molecule has 0 spiro atoms. The van der Waals surface area contributed by atoms with Gasteiger partial charge >= 0.3 is 6.36 Å². The molecule has 0 unspecified atom stereocenters. The molecule has 150 valence electrons. The SMILES string of the molecule is O=C(Cc1csc(NC(=O)c2ncccn2)n1)Nc1ccccc1OC(F)(F)F. The molecule has 2 N–H and O–H groups in total. The Hall–Kier alpha value is -3.54. The minimum Gasteiger partial charge on any atom is -0.404 e. The molecule has 8 nitrogen and oxygen atoms in total. The monoisotopic (exact) mass is 423 g/mol. The van der Waals surface area contributed by atoms with Crippen molar-refractivity contribution in [2.45, 2.75) is 12.8 Å². The number of nitrogens with one attached hydrogen (secondary N) is 2. The molecule has 0 saturated heterocycles. The molecule has 2 amide bonds. The van der Waals surface area contributed by atoms with Crippen LogP contribution in [0.15, 0.2) is 48.1 Å². The van der Waals surface area contributed by atoms with E-state index in [-0.39, 0.29) is 23.1 Å². The van der Waals surface area contributed by atoms with Crippen LogP contribution in [0.3, 0.4) is 0 Å². The zero-order valence-electron chi connectivity index (χ0n) is 14.4. The van der Waals surface area contributed by atoms with Gasteiger partial charge in [-0.25, -0.2) is 15.0 Å². The summed E-state index contributed by atoms with van der Waals surface area (Å²) in [5.74, 6) is -1.72. The average molecular weight is 423 g/mol. The fraction of sp³-hybridized carbons (Fsp3) is 0.118. The molecule has 0 aliphatic carbocycles. The van der Waals surface area contributed by atoms with Crippen LogP contribution in [0.5, 0.6) is 5.75 Å². The molecule has 12 heteroatoms. The summed E-state index contributed by atoms with van der Waals surface area (Å²) in [6.07, 6.45) is -2.26. The first-order chi connectivity index (χ1) is 13.8. The largest absolute Gasteiger partial charge is 0.573 e. The molecule has 1 aromatic carbocycles. The van der Waals surface area contributed by atoms with Crippen LogP contribution in [-0.2, 0) is 11.2 Å². The summed E-state index contributed by atoms with van der Waals surface area (Å²) in [7, 11) is 0. The Balaban J connectivity index is 1.60. The van der Waals surface area contributed by atoms with Gasteiger partial charge in [0.15, 0.2) is 10.9 Å². The number of rotatable bonds is 6. The van der Waals surface area contributed by atoms with Crippen molar-refractivity contribution in [1.82, 2.24) is 15.0 Å². The fourth-order valence-electron chi connectivity index (χ4n) is 2.16. The smallest absolute Gasteiger partial charge is 0.404 e. The zero-order chi connectivity index (χ0) is 20.9. The number of halogens is 3. The van der Waals surface area contributed by atoms with Crippen molar-refractivity contribution in [1.29, 1.82) is 0 Å². The molecule has 29 heavy (non-hydrogen) atoms. The predicted molar refractivity (Wildman–Crippen MR) is 97.6 cm³/mol. The second kappa shape index (κ2) is 8.65. The van der Waals surface area contributed by atoms with Gasteiger partial charge in [0.25, 0.3) is 5.91 Å². The lowest BCUT2D eigenvalue weighted by molar-refractivity contribution is -0.274. The summed E-state index contributed by atoms with van der Waals surface area (Å²) in [5.41, 5.74) is 0.200. The van der Waals surface area contributed by atoms with E-state index in [4.69, 9.17) is 0 Å². The standard InChI is InChI=1S/C17H12F3N5O3S/c18-17(19,20)28-12-5-2-1-4-11(12)24-13(26)8-10-9-29-16(23-10)25-15(27)14-21-6-3-7-22-14/h1-7,9H,8H2,(H,24,26)(H,23,25,27). The van der Waals surface area contributed by atoms with Crippen molar-refractivity contribution in [3.8, 4) is 5.75 Å². The minimum absolute atomic E-state index is 0.0386. The van der Waals surface area contributed by atoms with Crippen LogP contribution in [0, 0.1) is 0 Å². The van der Waals surface area contributed by atoms with E-state index in [1.165, 1.54) is 30.6 Å². The third-order valence-electron chi connectivity index (χ3n) is 3.27. The number of hydrogen-bond donors (Lipinski definition) is 2. The third kappa shape index (κ3) is 5.97. The van der Waals surface area contributed by atoms with Gasteiger partial charge in [-0.2, -0.15) is 0 Å². The number of thiazole rings is 1. The summed E-state index contributed by atoms with van der Waals surface area (Å²) in [4.78, 5) is 35.9.